The van der Waals surface area contributed by atoms with Gasteiger partial charge in [-0.25, -0.2) is 8.78 Å². The number of halogens is 2. The van der Waals surface area contributed by atoms with Crippen LogP contribution in [0.4, 0.5) is 8.78 Å². The molecule has 1 aromatic carbocycles. The summed E-state index contributed by atoms with van der Waals surface area (Å²) < 4.78 is 28.3. The molecule has 0 aliphatic rings. The van der Waals surface area contributed by atoms with Gasteiger partial charge in [0, 0.05) is 29.9 Å². The highest BCUT2D eigenvalue weighted by atomic mass is 19.1. The number of nitrogens with one attached hydrogen (secondary N) is 1. The van der Waals surface area contributed by atoms with Crippen molar-refractivity contribution in [1.29, 1.82) is 0 Å². The smallest absolute Gasteiger partial charge is 0.126 e. The monoisotopic (exact) mass is 293 g/mol. The van der Waals surface area contributed by atoms with Gasteiger partial charge in [-0.05, 0) is 31.5 Å². The summed E-state index contributed by atoms with van der Waals surface area (Å²) in [6.07, 6.45) is 0. The zero-order valence-corrected chi connectivity index (χ0v) is 12.9. The van der Waals surface area contributed by atoms with E-state index in [4.69, 9.17) is 0 Å². The Morgan fingerprint density at radius 2 is 1.76 bits per heavy atom. The first-order valence-electron chi connectivity index (χ1n) is 7.08. The first kappa shape index (κ1) is 15.6. The molecule has 3 nitrogen and oxygen atoms in total. The molecule has 0 amide bonds. The van der Waals surface area contributed by atoms with Crippen LogP contribution in [0, 0.1) is 25.5 Å². The van der Waals surface area contributed by atoms with Gasteiger partial charge in [0.05, 0.1) is 12.2 Å². The third kappa shape index (κ3) is 3.88. The average molecular weight is 293 g/mol. The second-order valence-electron chi connectivity index (χ2n) is 5.62. The lowest BCUT2D eigenvalue weighted by Crippen LogP contribution is -2.22. The number of rotatable bonds is 5. The van der Waals surface area contributed by atoms with Crippen LogP contribution in [0.5, 0.6) is 0 Å². The standard InChI is InChI=1S/C16H21F2N3/c1-10(2)19-8-16-11(3)20-21(12(16)4)9-13-5-14(17)7-15(18)6-13/h5-7,10,19H,8-9H2,1-4H3. The quantitative estimate of drug-likeness (QED) is 0.916. The number of aromatic nitrogens is 2. The number of aryl methyl sites for hydroxylation is 1. The highest BCUT2D eigenvalue weighted by Crippen LogP contribution is 2.16. The largest absolute Gasteiger partial charge is 0.310 e. The van der Waals surface area contributed by atoms with E-state index in [0.29, 0.717) is 18.2 Å². The molecular weight excluding hydrogens is 272 g/mol. The van der Waals surface area contributed by atoms with Crippen molar-refractivity contribution in [1.82, 2.24) is 15.1 Å². The molecule has 2 rings (SSSR count). The predicted molar refractivity (Wildman–Crippen MR) is 79.1 cm³/mol. The van der Waals surface area contributed by atoms with E-state index in [0.717, 1.165) is 29.6 Å². The Morgan fingerprint density at radius 1 is 1.14 bits per heavy atom. The van der Waals surface area contributed by atoms with E-state index in [9.17, 15) is 8.78 Å². The third-order valence-electron chi connectivity index (χ3n) is 3.47. The SMILES string of the molecule is Cc1nn(Cc2cc(F)cc(F)c2)c(C)c1CNC(C)C. The van der Waals surface area contributed by atoms with Gasteiger partial charge in [-0.1, -0.05) is 13.8 Å². The third-order valence-corrected chi connectivity index (χ3v) is 3.47. The molecule has 0 aliphatic heterocycles. The van der Waals surface area contributed by atoms with Gasteiger partial charge in [-0.3, -0.25) is 4.68 Å². The van der Waals surface area contributed by atoms with Crippen LogP contribution in [0.1, 0.15) is 36.4 Å². The van der Waals surface area contributed by atoms with Gasteiger partial charge in [0.15, 0.2) is 0 Å². The molecule has 1 aromatic heterocycles. The van der Waals surface area contributed by atoms with Crippen molar-refractivity contribution in [3.8, 4) is 0 Å². The number of hydrogen-bond donors (Lipinski definition) is 1. The Kier molecular flexibility index (Phi) is 4.73. The minimum atomic E-state index is -0.562. The fraction of sp³-hybridized carbons (Fsp3) is 0.438. The minimum absolute atomic E-state index is 0.364. The molecule has 0 radical (unpaired) electrons. The molecule has 21 heavy (non-hydrogen) atoms. The van der Waals surface area contributed by atoms with Gasteiger partial charge in [0.25, 0.3) is 0 Å². The molecule has 0 saturated heterocycles. The summed E-state index contributed by atoms with van der Waals surface area (Å²) >= 11 is 0. The minimum Gasteiger partial charge on any atom is -0.310 e. The molecule has 1 heterocycles. The van der Waals surface area contributed by atoms with Crippen LogP contribution in [0.2, 0.25) is 0 Å². The van der Waals surface area contributed by atoms with E-state index < -0.39 is 11.6 Å². The molecule has 0 saturated carbocycles. The first-order chi connectivity index (χ1) is 9.86. The molecule has 0 atom stereocenters. The fourth-order valence-electron chi connectivity index (χ4n) is 2.33. The maximum absolute atomic E-state index is 13.2. The molecule has 0 spiro atoms. The Labute approximate surface area is 124 Å². The second kappa shape index (κ2) is 6.35. The summed E-state index contributed by atoms with van der Waals surface area (Å²) in [5.41, 5.74) is 3.67. The zero-order chi connectivity index (χ0) is 15.6. The molecule has 2 aromatic rings. The van der Waals surface area contributed by atoms with Crippen LogP contribution in [-0.4, -0.2) is 15.8 Å². The van der Waals surface area contributed by atoms with Gasteiger partial charge in [-0.15, -0.1) is 0 Å². The van der Waals surface area contributed by atoms with Crippen molar-refractivity contribution in [3.63, 3.8) is 0 Å². The lowest BCUT2D eigenvalue weighted by atomic mass is 10.1. The van der Waals surface area contributed by atoms with Crippen molar-refractivity contribution in [2.24, 2.45) is 0 Å². The Balaban J connectivity index is 2.22. The van der Waals surface area contributed by atoms with E-state index in [1.54, 1.807) is 4.68 Å². The topological polar surface area (TPSA) is 29.9 Å². The van der Waals surface area contributed by atoms with Crippen molar-refractivity contribution < 1.29 is 8.78 Å². The van der Waals surface area contributed by atoms with Crippen molar-refractivity contribution in [2.75, 3.05) is 0 Å². The second-order valence-corrected chi connectivity index (χ2v) is 5.62. The lowest BCUT2D eigenvalue weighted by molar-refractivity contribution is 0.571. The normalized spacial score (nSPS) is 11.4. The number of benzene rings is 1. The number of nitrogens with zero attached hydrogens (tertiary/aromatic N) is 2. The number of hydrogen-bond acceptors (Lipinski definition) is 2. The van der Waals surface area contributed by atoms with Gasteiger partial charge >= 0.3 is 0 Å². The molecule has 0 aliphatic carbocycles. The van der Waals surface area contributed by atoms with E-state index in [2.05, 4.69) is 24.3 Å². The highest BCUT2D eigenvalue weighted by Gasteiger charge is 2.12. The van der Waals surface area contributed by atoms with Gasteiger partial charge in [-0.2, -0.15) is 5.10 Å². The van der Waals surface area contributed by atoms with Crippen LogP contribution < -0.4 is 5.32 Å². The molecule has 114 valence electrons. The summed E-state index contributed by atoms with van der Waals surface area (Å²) in [6, 6.07) is 3.95. The first-order valence-corrected chi connectivity index (χ1v) is 7.08. The van der Waals surface area contributed by atoms with Crippen LogP contribution in [0.3, 0.4) is 0 Å². The van der Waals surface area contributed by atoms with Gasteiger partial charge in [0.2, 0.25) is 0 Å². The highest BCUT2D eigenvalue weighted by molar-refractivity contribution is 5.26. The molecular formula is C16H21F2N3. The molecule has 1 N–H and O–H groups in total. The van der Waals surface area contributed by atoms with Crippen LogP contribution >= 0.6 is 0 Å². The summed E-state index contributed by atoms with van der Waals surface area (Å²) in [5.74, 6) is -1.12. The zero-order valence-electron chi connectivity index (χ0n) is 12.9. The molecule has 5 heteroatoms. The van der Waals surface area contributed by atoms with E-state index in [1.165, 1.54) is 12.1 Å². The average Bonchev–Trinajstić information content (AvgIpc) is 2.61. The predicted octanol–water partition coefficient (Wildman–Crippen LogP) is 3.32. The Bertz CT molecular complexity index is 612. The van der Waals surface area contributed by atoms with E-state index in [1.807, 2.05) is 13.8 Å². The maximum Gasteiger partial charge on any atom is 0.126 e. The van der Waals surface area contributed by atoms with Crippen molar-refractivity contribution in [3.05, 3.63) is 52.3 Å². The fourth-order valence-corrected chi connectivity index (χ4v) is 2.33. The van der Waals surface area contributed by atoms with Crippen LogP contribution in [0.15, 0.2) is 18.2 Å². The lowest BCUT2D eigenvalue weighted by Gasteiger charge is -2.09. The Hall–Kier alpha value is -1.75. The Morgan fingerprint density at radius 3 is 2.33 bits per heavy atom. The van der Waals surface area contributed by atoms with Gasteiger partial charge < -0.3 is 5.32 Å². The summed E-state index contributed by atoms with van der Waals surface area (Å²) in [5, 5.41) is 7.84. The van der Waals surface area contributed by atoms with Crippen molar-refractivity contribution >= 4 is 0 Å². The van der Waals surface area contributed by atoms with Crippen molar-refractivity contribution in [2.45, 2.75) is 46.8 Å². The van der Waals surface area contributed by atoms with E-state index in [-0.39, 0.29) is 0 Å². The van der Waals surface area contributed by atoms with Crippen LogP contribution in [0.25, 0.3) is 0 Å². The summed E-state index contributed by atoms with van der Waals surface area (Å²) in [7, 11) is 0. The molecule has 0 unspecified atom stereocenters. The molecule has 0 bridgehead atoms. The summed E-state index contributed by atoms with van der Waals surface area (Å²) in [4.78, 5) is 0. The summed E-state index contributed by atoms with van der Waals surface area (Å²) in [6.45, 7) is 9.21. The maximum atomic E-state index is 13.2. The van der Waals surface area contributed by atoms with Gasteiger partial charge in [0.1, 0.15) is 11.6 Å². The van der Waals surface area contributed by atoms with Crippen LogP contribution in [-0.2, 0) is 13.1 Å². The molecule has 0 fully saturated rings. The van der Waals surface area contributed by atoms with E-state index >= 15 is 0 Å².